The van der Waals surface area contributed by atoms with Crippen LogP contribution in [0.2, 0.25) is 0 Å². The standard InChI is InChI=1S/C18H16N2O5/c1-4-18(17(24)25-3,19-12(2)21)10-7-11-20-15(22)13-8-5-6-9-14(13)16(20)23/h1,5-10H,11H2,2-3H3,(H,19,21). The van der Waals surface area contributed by atoms with Crippen molar-refractivity contribution in [3.05, 3.63) is 47.5 Å². The summed E-state index contributed by atoms with van der Waals surface area (Å²) < 4.78 is 4.63. The number of esters is 1. The van der Waals surface area contributed by atoms with Crippen LogP contribution in [0.15, 0.2) is 36.4 Å². The van der Waals surface area contributed by atoms with Crippen molar-refractivity contribution >= 4 is 23.7 Å². The average molecular weight is 340 g/mol. The van der Waals surface area contributed by atoms with Gasteiger partial charge in [-0.05, 0) is 18.2 Å². The van der Waals surface area contributed by atoms with Crippen molar-refractivity contribution in [2.45, 2.75) is 12.5 Å². The fourth-order valence-electron chi connectivity index (χ4n) is 2.48. The molecular formula is C18H16N2O5. The average Bonchev–Trinajstić information content (AvgIpc) is 2.85. The molecule has 1 aromatic rings. The summed E-state index contributed by atoms with van der Waals surface area (Å²) in [5.74, 6) is -0.0822. The molecule has 0 radical (unpaired) electrons. The van der Waals surface area contributed by atoms with Crippen LogP contribution in [0.3, 0.4) is 0 Å². The minimum atomic E-state index is -1.81. The summed E-state index contributed by atoms with van der Waals surface area (Å²) in [6, 6.07) is 6.47. The van der Waals surface area contributed by atoms with Gasteiger partial charge in [0.15, 0.2) is 0 Å². The van der Waals surface area contributed by atoms with Crippen LogP contribution >= 0.6 is 0 Å². The minimum absolute atomic E-state index is 0.105. The summed E-state index contributed by atoms with van der Waals surface area (Å²) in [6.07, 6.45) is 7.98. The number of imide groups is 1. The van der Waals surface area contributed by atoms with Crippen molar-refractivity contribution in [1.82, 2.24) is 10.2 Å². The number of rotatable bonds is 5. The molecule has 1 heterocycles. The zero-order valence-corrected chi connectivity index (χ0v) is 13.7. The van der Waals surface area contributed by atoms with Crippen molar-refractivity contribution in [3.63, 3.8) is 0 Å². The van der Waals surface area contributed by atoms with E-state index in [1.54, 1.807) is 24.3 Å². The van der Waals surface area contributed by atoms with E-state index in [9.17, 15) is 19.2 Å². The van der Waals surface area contributed by atoms with Gasteiger partial charge in [0.25, 0.3) is 11.8 Å². The van der Waals surface area contributed by atoms with Crippen LogP contribution in [-0.4, -0.2) is 47.8 Å². The highest BCUT2D eigenvalue weighted by molar-refractivity contribution is 6.21. The monoisotopic (exact) mass is 340 g/mol. The first kappa shape index (κ1) is 17.9. The third kappa shape index (κ3) is 3.28. The van der Waals surface area contributed by atoms with Crippen LogP contribution in [0, 0.1) is 12.3 Å². The second-order valence-corrected chi connectivity index (χ2v) is 5.29. The lowest BCUT2D eigenvalue weighted by atomic mass is 10.00. The maximum Gasteiger partial charge on any atom is 0.348 e. The zero-order chi connectivity index (χ0) is 18.6. The largest absolute Gasteiger partial charge is 0.466 e. The Balaban J connectivity index is 2.23. The van der Waals surface area contributed by atoms with Gasteiger partial charge in [0, 0.05) is 13.5 Å². The van der Waals surface area contributed by atoms with E-state index in [1.807, 2.05) is 0 Å². The summed E-state index contributed by atoms with van der Waals surface area (Å²) in [4.78, 5) is 48.9. The highest BCUT2D eigenvalue weighted by Crippen LogP contribution is 2.22. The van der Waals surface area contributed by atoms with E-state index in [4.69, 9.17) is 6.42 Å². The molecule has 1 aliphatic heterocycles. The number of methoxy groups -OCH3 is 1. The molecule has 0 saturated carbocycles. The number of fused-ring (bicyclic) bond motifs is 1. The van der Waals surface area contributed by atoms with Gasteiger partial charge in [0.2, 0.25) is 11.4 Å². The van der Waals surface area contributed by atoms with Gasteiger partial charge >= 0.3 is 5.97 Å². The fourth-order valence-corrected chi connectivity index (χ4v) is 2.48. The van der Waals surface area contributed by atoms with Gasteiger partial charge < -0.3 is 10.1 Å². The highest BCUT2D eigenvalue weighted by atomic mass is 16.5. The number of benzene rings is 1. The Bertz CT molecular complexity index is 786. The maximum atomic E-state index is 12.3. The Labute approximate surface area is 144 Å². The molecule has 128 valence electrons. The number of terminal acetylenes is 1. The van der Waals surface area contributed by atoms with Crippen molar-refractivity contribution in [2.75, 3.05) is 13.7 Å². The summed E-state index contributed by atoms with van der Waals surface area (Å²) in [6.45, 7) is 1.10. The first-order valence-electron chi connectivity index (χ1n) is 7.34. The van der Waals surface area contributed by atoms with Gasteiger partial charge in [-0.25, -0.2) is 4.79 Å². The molecule has 7 nitrogen and oxygen atoms in total. The topological polar surface area (TPSA) is 92.8 Å². The Morgan fingerprint density at radius 1 is 1.28 bits per heavy atom. The molecule has 7 heteroatoms. The smallest absolute Gasteiger partial charge is 0.348 e. The van der Waals surface area contributed by atoms with Gasteiger partial charge in [-0.1, -0.05) is 24.1 Å². The second kappa shape index (κ2) is 7.01. The third-order valence-corrected chi connectivity index (χ3v) is 3.64. The van der Waals surface area contributed by atoms with Gasteiger partial charge in [0.1, 0.15) is 0 Å². The van der Waals surface area contributed by atoms with Crippen molar-refractivity contribution in [1.29, 1.82) is 0 Å². The van der Waals surface area contributed by atoms with Crippen LogP contribution < -0.4 is 5.32 Å². The van der Waals surface area contributed by atoms with Gasteiger partial charge in [-0.2, -0.15) is 0 Å². The van der Waals surface area contributed by atoms with Crippen molar-refractivity contribution < 1.29 is 23.9 Å². The minimum Gasteiger partial charge on any atom is -0.466 e. The number of hydrogen-bond donors (Lipinski definition) is 1. The number of nitrogens with zero attached hydrogens (tertiary/aromatic N) is 1. The third-order valence-electron chi connectivity index (χ3n) is 3.64. The Morgan fingerprint density at radius 2 is 1.84 bits per heavy atom. The first-order valence-corrected chi connectivity index (χ1v) is 7.34. The number of nitrogens with one attached hydrogen (secondary N) is 1. The molecule has 1 aromatic carbocycles. The Hall–Kier alpha value is -3.40. The first-order chi connectivity index (χ1) is 11.9. The molecule has 1 unspecified atom stereocenters. The molecule has 0 spiro atoms. The number of amides is 3. The number of carbonyl (C=O) groups is 4. The van der Waals surface area contributed by atoms with E-state index in [1.165, 1.54) is 19.1 Å². The molecule has 0 saturated heterocycles. The van der Waals surface area contributed by atoms with E-state index in [0.717, 1.165) is 12.0 Å². The fraction of sp³-hybridized carbons (Fsp3) is 0.222. The van der Waals surface area contributed by atoms with Crippen LogP contribution in [0.5, 0.6) is 0 Å². The molecule has 0 aliphatic carbocycles. The van der Waals surface area contributed by atoms with Gasteiger partial charge in [-0.3, -0.25) is 19.3 Å². The molecule has 3 amide bonds. The SMILES string of the molecule is C#CC(C=CCN1C(=O)c2ccccc2C1=O)(NC(C)=O)C(=O)OC. The predicted molar refractivity (Wildman–Crippen MR) is 88.3 cm³/mol. The Kier molecular flexibility index (Phi) is 5.03. The maximum absolute atomic E-state index is 12.3. The van der Waals surface area contributed by atoms with E-state index in [2.05, 4.69) is 16.0 Å². The lowest BCUT2D eigenvalue weighted by Gasteiger charge is -2.23. The van der Waals surface area contributed by atoms with Gasteiger partial charge in [0.05, 0.1) is 18.2 Å². The molecule has 0 fully saturated rings. The van der Waals surface area contributed by atoms with Crippen LogP contribution in [0.25, 0.3) is 0 Å². The summed E-state index contributed by atoms with van der Waals surface area (Å²) in [5, 5.41) is 2.33. The molecule has 1 aliphatic rings. The van der Waals surface area contributed by atoms with Crippen LogP contribution in [0.4, 0.5) is 0 Å². The second-order valence-electron chi connectivity index (χ2n) is 5.29. The highest BCUT2D eigenvalue weighted by Gasteiger charge is 2.37. The van der Waals surface area contributed by atoms with Gasteiger partial charge in [-0.15, -0.1) is 6.42 Å². The number of hydrogen-bond acceptors (Lipinski definition) is 5. The number of ether oxygens (including phenoxy) is 1. The molecule has 25 heavy (non-hydrogen) atoms. The van der Waals surface area contributed by atoms with Crippen molar-refractivity contribution in [2.24, 2.45) is 0 Å². The van der Waals surface area contributed by atoms with Crippen LogP contribution in [-0.2, 0) is 14.3 Å². The quantitative estimate of drug-likeness (QED) is 0.365. The zero-order valence-electron chi connectivity index (χ0n) is 13.7. The lowest BCUT2D eigenvalue weighted by molar-refractivity contribution is -0.146. The lowest BCUT2D eigenvalue weighted by Crippen LogP contribution is -2.52. The van der Waals surface area contributed by atoms with E-state index < -0.39 is 29.2 Å². The molecule has 2 rings (SSSR count). The molecular weight excluding hydrogens is 324 g/mol. The molecule has 0 bridgehead atoms. The molecule has 0 aromatic heterocycles. The summed E-state index contributed by atoms with van der Waals surface area (Å²) in [5.41, 5.74) is -1.17. The normalized spacial score (nSPS) is 15.5. The van der Waals surface area contributed by atoms with Crippen molar-refractivity contribution in [3.8, 4) is 12.3 Å². The molecule has 1 atom stereocenters. The predicted octanol–water partition coefficient (Wildman–Crippen LogP) is 0.520. The van der Waals surface area contributed by atoms with E-state index in [-0.39, 0.29) is 6.54 Å². The Morgan fingerprint density at radius 3 is 2.28 bits per heavy atom. The van der Waals surface area contributed by atoms with E-state index >= 15 is 0 Å². The van der Waals surface area contributed by atoms with E-state index in [0.29, 0.717) is 11.1 Å². The summed E-state index contributed by atoms with van der Waals surface area (Å²) >= 11 is 0. The summed E-state index contributed by atoms with van der Waals surface area (Å²) in [7, 11) is 1.13. The van der Waals surface area contributed by atoms with Crippen LogP contribution in [0.1, 0.15) is 27.6 Å². The number of carbonyl (C=O) groups excluding carboxylic acids is 4. The molecule has 1 N–H and O–H groups in total.